The van der Waals surface area contributed by atoms with E-state index in [0.29, 0.717) is 0 Å². The van der Waals surface area contributed by atoms with E-state index in [4.69, 9.17) is 0 Å². The first-order valence-electron chi connectivity index (χ1n) is 22.8. The molecular weight excluding hydrogens is 778 g/mol. The first kappa shape index (κ1) is 38.5. The van der Waals surface area contributed by atoms with E-state index >= 15 is 0 Å². The molecule has 1 nitrogen and oxygen atoms in total. The van der Waals surface area contributed by atoms with Crippen LogP contribution in [-0.4, -0.2) is 7.28 Å². The summed E-state index contributed by atoms with van der Waals surface area (Å²) in [7, 11) is 2.50. The molecule has 0 saturated heterocycles. The average Bonchev–Trinajstić information content (AvgIpc) is 3.67. The van der Waals surface area contributed by atoms with Gasteiger partial charge in [0.25, 0.3) is 0 Å². The lowest BCUT2D eigenvalue weighted by molar-refractivity contribution is 0.331. The molecule has 63 heavy (non-hydrogen) atoms. The molecule has 3 heteroatoms. The Kier molecular flexibility index (Phi) is 8.67. The summed E-state index contributed by atoms with van der Waals surface area (Å²) in [5.74, 6) is 0. The van der Waals surface area contributed by atoms with E-state index < -0.39 is 5.41 Å². The average molecular weight is 829 g/mol. The van der Waals surface area contributed by atoms with E-state index in [1.54, 1.807) is 5.56 Å². The Hall–Kier alpha value is -6.16. The van der Waals surface area contributed by atoms with Gasteiger partial charge >= 0.3 is 0 Å². The fourth-order valence-corrected chi connectivity index (χ4v) is 12.9. The highest BCUT2D eigenvalue weighted by Crippen LogP contribution is 2.58. The Morgan fingerprint density at radius 2 is 1.21 bits per heavy atom. The smallest absolute Gasteiger partial charge is 0.197 e. The molecule has 2 aliphatic heterocycles. The van der Waals surface area contributed by atoms with Crippen LogP contribution in [0.1, 0.15) is 90.6 Å². The van der Waals surface area contributed by atoms with Gasteiger partial charge in [0.05, 0.1) is 11.1 Å². The van der Waals surface area contributed by atoms with E-state index in [1.807, 2.05) is 11.3 Å². The highest BCUT2D eigenvalue weighted by molar-refractivity contribution is 7.25. The van der Waals surface area contributed by atoms with E-state index in [1.165, 1.54) is 117 Å². The van der Waals surface area contributed by atoms with Crippen LogP contribution in [0.5, 0.6) is 0 Å². The van der Waals surface area contributed by atoms with Gasteiger partial charge in [0.1, 0.15) is 0 Å². The van der Waals surface area contributed by atoms with Gasteiger partial charge in [-0.05, 0) is 135 Å². The van der Waals surface area contributed by atoms with Gasteiger partial charge in [-0.1, -0.05) is 178 Å². The summed E-state index contributed by atoms with van der Waals surface area (Å²) < 4.78 is 2.69. The molecule has 12 rings (SSSR count). The third kappa shape index (κ3) is 5.82. The molecule has 0 amide bonds. The first-order chi connectivity index (χ1) is 30.6. The Bertz CT molecular complexity index is 3240. The molecule has 1 aliphatic carbocycles. The topological polar surface area (TPSA) is 3.24 Å². The maximum Gasteiger partial charge on any atom is 0.197 e. The van der Waals surface area contributed by atoms with Crippen LogP contribution in [0.2, 0.25) is 0 Å². The van der Waals surface area contributed by atoms with Gasteiger partial charge in [0.2, 0.25) is 0 Å². The van der Waals surface area contributed by atoms with Crippen molar-refractivity contribution in [1.29, 1.82) is 0 Å². The molecule has 0 spiro atoms. The zero-order valence-corrected chi connectivity index (χ0v) is 37.7. The molecule has 0 bridgehead atoms. The lowest BCUT2D eigenvalue weighted by atomic mass is 9.54. The van der Waals surface area contributed by atoms with Crippen LogP contribution < -0.4 is 15.8 Å². The van der Waals surface area contributed by atoms with Crippen molar-refractivity contribution in [3.63, 3.8) is 0 Å². The molecule has 0 N–H and O–H groups in total. The van der Waals surface area contributed by atoms with Crippen molar-refractivity contribution in [1.82, 2.24) is 0 Å². The lowest BCUT2D eigenvalue weighted by Gasteiger charge is -2.49. The Morgan fingerprint density at radius 3 is 1.98 bits per heavy atom. The van der Waals surface area contributed by atoms with E-state index in [2.05, 4.69) is 217 Å². The van der Waals surface area contributed by atoms with Gasteiger partial charge in [-0.3, -0.25) is 0 Å². The fourth-order valence-electron chi connectivity index (χ4n) is 11.7. The molecule has 1 aromatic heterocycles. The van der Waals surface area contributed by atoms with Crippen molar-refractivity contribution in [2.45, 2.75) is 76.5 Å². The zero-order chi connectivity index (χ0) is 42.7. The second-order valence-electron chi connectivity index (χ2n) is 19.7. The highest BCUT2D eigenvalue weighted by Gasteiger charge is 2.48. The van der Waals surface area contributed by atoms with Crippen LogP contribution in [0.25, 0.3) is 31.3 Å². The van der Waals surface area contributed by atoms with Crippen molar-refractivity contribution < 1.29 is 0 Å². The Balaban J connectivity index is 1.06. The summed E-state index contributed by atoms with van der Waals surface area (Å²) in [5.41, 5.74) is 21.2. The third-order valence-electron chi connectivity index (χ3n) is 15.0. The summed E-state index contributed by atoms with van der Waals surface area (Å²) in [4.78, 5) is 2.60. The molecule has 8 aromatic carbocycles. The van der Waals surface area contributed by atoms with E-state index in [0.717, 1.165) is 12.8 Å². The largest absolute Gasteiger partial charge is 0.311 e. The van der Waals surface area contributed by atoms with Crippen molar-refractivity contribution in [3.05, 3.63) is 220 Å². The highest BCUT2D eigenvalue weighted by atomic mass is 32.1. The van der Waals surface area contributed by atoms with Gasteiger partial charge in [0, 0.05) is 31.5 Å². The maximum atomic E-state index is 2.60. The number of thiophene rings is 1. The number of hydrogen-bond acceptors (Lipinski definition) is 2. The van der Waals surface area contributed by atoms with Crippen LogP contribution in [0, 0.1) is 6.92 Å². The summed E-state index contributed by atoms with van der Waals surface area (Å²) in [6, 6.07) is 64.9. The van der Waals surface area contributed by atoms with Crippen LogP contribution in [0.4, 0.5) is 17.1 Å². The second-order valence-corrected chi connectivity index (χ2v) is 20.8. The summed E-state index contributed by atoms with van der Waals surface area (Å²) >= 11 is 1.92. The minimum Gasteiger partial charge on any atom is -0.311 e. The zero-order valence-electron chi connectivity index (χ0n) is 36.9. The normalized spacial score (nSPS) is 16.2. The molecule has 0 saturated carbocycles. The minimum absolute atomic E-state index is 0.183. The molecule has 0 atom stereocenters. The van der Waals surface area contributed by atoms with Gasteiger partial charge in [0.15, 0.2) is 7.28 Å². The minimum atomic E-state index is -0.500. The van der Waals surface area contributed by atoms with Crippen molar-refractivity contribution in [3.8, 4) is 11.1 Å². The Morgan fingerprint density at radius 1 is 0.524 bits per heavy atom. The summed E-state index contributed by atoms with van der Waals surface area (Å²) in [6.45, 7) is 12.0. The van der Waals surface area contributed by atoms with Crippen molar-refractivity contribution in [2.24, 2.45) is 0 Å². The quantitative estimate of drug-likeness (QED) is 0.151. The van der Waals surface area contributed by atoms with Crippen LogP contribution >= 0.6 is 11.3 Å². The molecule has 9 aromatic rings. The number of rotatable bonds is 6. The monoisotopic (exact) mass is 828 g/mol. The SMILES string of the molecule is Cc1cc(-c2cc3sc4ccccc4c3cc2CCc2ccc3c(c2)C(C)(C)CCC3(C)C)c2c(c1)N1c3ccccc3C(c3ccccc3)(c3ccccc3)c3cccc(c31)[B]2. The summed E-state index contributed by atoms with van der Waals surface area (Å²) in [5, 5.41) is 2.72. The number of para-hydroxylation sites is 2. The number of nitrogens with zero attached hydrogens (tertiary/aromatic N) is 1. The number of anilines is 3. The second kappa shape index (κ2) is 14.2. The maximum absolute atomic E-state index is 2.60. The number of aryl methyl sites for hydroxylation is 3. The standard InChI is InChI=1S/C60H51BNS/c1-38-33-46(44-37-55-45(43-21-12-15-26-54(43)63-55)36-40(44)29-27-39-28-30-47-50(35-39)59(4,5)32-31-58(47,2)3)56-53(34-38)62-52-25-14-13-22-48(52)60(41-17-8-6-9-18-41,42-19-10-7-11-20-42)49-23-16-24-51(61-56)57(49)62/h6-26,28,30,33-37H,27,29,31-32H2,1-5H3. The van der Waals surface area contributed by atoms with E-state index in [9.17, 15) is 0 Å². The lowest BCUT2D eigenvalue weighted by Crippen LogP contribution is -2.47. The molecule has 3 heterocycles. The van der Waals surface area contributed by atoms with Crippen LogP contribution in [-0.2, 0) is 29.1 Å². The molecule has 0 unspecified atom stereocenters. The van der Waals surface area contributed by atoms with Crippen LogP contribution in [0.15, 0.2) is 170 Å². The number of fused-ring (bicyclic) bond motifs is 8. The molecule has 0 fully saturated rings. The van der Waals surface area contributed by atoms with Gasteiger partial charge in [-0.2, -0.15) is 0 Å². The van der Waals surface area contributed by atoms with Gasteiger partial charge < -0.3 is 4.90 Å². The predicted molar refractivity (Wildman–Crippen MR) is 270 cm³/mol. The van der Waals surface area contributed by atoms with Crippen molar-refractivity contribution in [2.75, 3.05) is 4.90 Å². The number of hydrogen-bond donors (Lipinski definition) is 0. The molecule has 3 aliphatic rings. The fraction of sp³-hybridized carbons (Fsp3) is 0.200. The van der Waals surface area contributed by atoms with Gasteiger partial charge in [-0.25, -0.2) is 0 Å². The van der Waals surface area contributed by atoms with Crippen molar-refractivity contribution >= 4 is 66.8 Å². The first-order valence-corrected chi connectivity index (χ1v) is 23.7. The number of benzene rings is 8. The van der Waals surface area contributed by atoms with E-state index in [-0.39, 0.29) is 10.8 Å². The van der Waals surface area contributed by atoms with Crippen LogP contribution in [0.3, 0.4) is 0 Å². The Labute approximate surface area is 377 Å². The molecule has 305 valence electrons. The third-order valence-corrected chi connectivity index (χ3v) is 16.1. The van der Waals surface area contributed by atoms with Gasteiger partial charge in [-0.15, -0.1) is 11.3 Å². The molecular formula is C60H51BNS. The summed E-state index contributed by atoms with van der Waals surface area (Å²) in [6.07, 6.45) is 4.42. The predicted octanol–water partition coefficient (Wildman–Crippen LogP) is 14.3. The molecule has 1 radical (unpaired) electrons.